The first-order valence-electron chi connectivity index (χ1n) is 8.38. The van der Waals surface area contributed by atoms with Crippen molar-refractivity contribution in [2.24, 2.45) is 0 Å². The highest BCUT2D eigenvalue weighted by atomic mass is 16.3. The van der Waals surface area contributed by atoms with E-state index in [4.69, 9.17) is 4.42 Å². The molecule has 120 valence electrons. The molecule has 1 heterocycles. The molecule has 0 fully saturated rings. The van der Waals surface area contributed by atoms with Crippen molar-refractivity contribution in [3.63, 3.8) is 0 Å². The fourth-order valence-electron chi connectivity index (χ4n) is 2.86. The van der Waals surface area contributed by atoms with Crippen molar-refractivity contribution < 1.29 is 4.42 Å². The smallest absolute Gasteiger partial charge is 0.135 e. The van der Waals surface area contributed by atoms with Crippen LogP contribution in [0, 0.1) is 0 Å². The number of rotatable bonds is 4. The molecule has 0 N–H and O–H groups in total. The summed E-state index contributed by atoms with van der Waals surface area (Å²) in [5.41, 5.74) is 4.33. The van der Waals surface area contributed by atoms with Crippen molar-refractivity contribution in [3.8, 4) is 0 Å². The molecule has 0 aliphatic carbocycles. The highest BCUT2D eigenvalue weighted by Gasteiger charge is 2.09. The van der Waals surface area contributed by atoms with E-state index in [1.807, 2.05) is 60.7 Å². The second-order valence-electron chi connectivity index (χ2n) is 5.86. The molecule has 4 rings (SSSR count). The lowest BCUT2D eigenvalue weighted by Gasteiger charge is -1.95. The zero-order valence-electron chi connectivity index (χ0n) is 13.8. The quantitative estimate of drug-likeness (QED) is 0.404. The van der Waals surface area contributed by atoms with E-state index in [0.29, 0.717) is 0 Å². The Morgan fingerprint density at radius 2 is 1.08 bits per heavy atom. The second kappa shape index (κ2) is 7.06. The Kier molecular flexibility index (Phi) is 4.30. The third-order valence-corrected chi connectivity index (χ3v) is 4.13. The molecule has 0 saturated heterocycles. The number of para-hydroxylation sites is 1. The van der Waals surface area contributed by atoms with Crippen LogP contribution in [0.25, 0.3) is 35.3 Å². The average Bonchev–Trinajstić information content (AvgIpc) is 3.04. The molecule has 25 heavy (non-hydrogen) atoms. The Morgan fingerprint density at radius 3 is 1.76 bits per heavy atom. The molecule has 3 aromatic carbocycles. The Labute approximate surface area is 147 Å². The Morgan fingerprint density at radius 1 is 0.520 bits per heavy atom. The van der Waals surface area contributed by atoms with Gasteiger partial charge in [0, 0.05) is 10.9 Å². The molecule has 0 radical (unpaired) electrons. The van der Waals surface area contributed by atoms with Gasteiger partial charge in [-0.2, -0.15) is 0 Å². The van der Waals surface area contributed by atoms with Gasteiger partial charge in [0.2, 0.25) is 0 Å². The van der Waals surface area contributed by atoms with Crippen molar-refractivity contribution in [2.75, 3.05) is 0 Å². The monoisotopic (exact) mass is 322 g/mol. The molecule has 1 nitrogen and oxygen atoms in total. The lowest BCUT2D eigenvalue weighted by Crippen LogP contribution is -1.75. The van der Waals surface area contributed by atoms with Crippen molar-refractivity contribution in [2.45, 2.75) is 0 Å². The van der Waals surface area contributed by atoms with E-state index in [9.17, 15) is 0 Å². The van der Waals surface area contributed by atoms with Gasteiger partial charge in [0.15, 0.2) is 0 Å². The first-order valence-corrected chi connectivity index (χ1v) is 8.38. The van der Waals surface area contributed by atoms with E-state index in [-0.39, 0.29) is 0 Å². The second-order valence-corrected chi connectivity index (χ2v) is 5.86. The Bertz CT molecular complexity index is 1020. The molecule has 4 aromatic rings. The number of hydrogen-bond donors (Lipinski definition) is 0. The minimum atomic E-state index is 0.872. The van der Waals surface area contributed by atoms with Gasteiger partial charge in [-0.15, -0.1) is 0 Å². The van der Waals surface area contributed by atoms with E-state index in [0.717, 1.165) is 27.9 Å². The van der Waals surface area contributed by atoms with Crippen LogP contribution in [0.2, 0.25) is 0 Å². The Hall–Kier alpha value is -3.32. The largest absolute Gasteiger partial charge is 0.456 e. The lowest BCUT2D eigenvalue weighted by atomic mass is 10.1. The molecule has 0 atom stereocenters. The van der Waals surface area contributed by atoms with Crippen molar-refractivity contribution in [1.29, 1.82) is 0 Å². The first-order chi connectivity index (χ1) is 12.4. The molecule has 1 aromatic heterocycles. The van der Waals surface area contributed by atoms with E-state index >= 15 is 0 Å². The highest BCUT2D eigenvalue weighted by molar-refractivity contribution is 5.94. The predicted octanol–water partition coefficient (Wildman–Crippen LogP) is 6.77. The fraction of sp³-hybridized carbons (Fsp3) is 0. The minimum absolute atomic E-state index is 0.872. The fourth-order valence-corrected chi connectivity index (χ4v) is 2.86. The summed E-state index contributed by atoms with van der Waals surface area (Å²) in [6, 6.07) is 28.7. The lowest BCUT2D eigenvalue weighted by molar-refractivity contribution is 0.604. The van der Waals surface area contributed by atoms with Gasteiger partial charge in [0.25, 0.3) is 0 Å². The first kappa shape index (κ1) is 15.2. The third kappa shape index (κ3) is 3.46. The molecular weight excluding hydrogens is 304 g/mol. The molecule has 0 amide bonds. The number of hydrogen-bond acceptors (Lipinski definition) is 1. The van der Waals surface area contributed by atoms with Gasteiger partial charge in [0.1, 0.15) is 11.3 Å². The summed E-state index contributed by atoms with van der Waals surface area (Å²) < 4.78 is 6.07. The van der Waals surface area contributed by atoms with Crippen LogP contribution in [-0.2, 0) is 0 Å². The molecule has 0 aliphatic rings. The van der Waals surface area contributed by atoms with Gasteiger partial charge in [-0.25, -0.2) is 0 Å². The topological polar surface area (TPSA) is 13.1 Å². The summed E-state index contributed by atoms with van der Waals surface area (Å²) in [6.07, 6.45) is 8.38. The van der Waals surface area contributed by atoms with Crippen LogP contribution in [0.3, 0.4) is 0 Å². The molecule has 0 bridgehead atoms. The molecule has 0 spiro atoms. The molecule has 1 heteroatoms. The van der Waals surface area contributed by atoms with E-state index in [2.05, 4.69) is 48.6 Å². The highest BCUT2D eigenvalue weighted by Crippen LogP contribution is 2.29. The number of benzene rings is 3. The summed E-state index contributed by atoms with van der Waals surface area (Å²) in [5.74, 6) is 0.872. The molecular formula is C24H18O. The van der Waals surface area contributed by atoms with E-state index in [1.54, 1.807) is 0 Å². The summed E-state index contributed by atoms with van der Waals surface area (Å²) in [6.45, 7) is 0. The van der Waals surface area contributed by atoms with Gasteiger partial charge in [-0.3, -0.25) is 0 Å². The number of fused-ring (bicyclic) bond motifs is 1. The maximum absolute atomic E-state index is 6.07. The van der Waals surface area contributed by atoms with Gasteiger partial charge in [-0.1, -0.05) is 91.0 Å². The van der Waals surface area contributed by atoms with Crippen molar-refractivity contribution >= 4 is 35.3 Å². The van der Waals surface area contributed by atoms with Crippen LogP contribution in [0.1, 0.15) is 22.5 Å². The summed E-state index contributed by atoms with van der Waals surface area (Å²) in [5, 5.41) is 1.13. The summed E-state index contributed by atoms with van der Waals surface area (Å²) >= 11 is 0. The van der Waals surface area contributed by atoms with Crippen LogP contribution in [0.4, 0.5) is 0 Å². The third-order valence-electron chi connectivity index (χ3n) is 4.13. The van der Waals surface area contributed by atoms with Crippen molar-refractivity contribution in [1.82, 2.24) is 0 Å². The maximum Gasteiger partial charge on any atom is 0.135 e. The molecule has 0 unspecified atom stereocenters. The van der Waals surface area contributed by atoms with Gasteiger partial charge in [-0.05, 0) is 29.3 Å². The van der Waals surface area contributed by atoms with Crippen LogP contribution in [-0.4, -0.2) is 0 Å². The summed E-state index contributed by atoms with van der Waals surface area (Å²) in [7, 11) is 0. The Balaban J connectivity index is 1.76. The average molecular weight is 322 g/mol. The number of furan rings is 1. The van der Waals surface area contributed by atoms with Gasteiger partial charge in [0.05, 0.1) is 0 Å². The zero-order valence-corrected chi connectivity index (χ0v) is 13.8. The zero-order chi connectivity index (χ0) is 16.9. The predicted molar refractivity (Wildman–Crippen MR) is 107 cm³/mol. The van der Waals surface area contributed by atoms with Crippen LogP contribution in [0.15, 0.2) is 89.3 Å². The van der Waals surface area contributed by atoms with Crippen LogP contribution >= 0.6 is 0 Å². The molecule has 0 aliphatic heterocycles. The van der Waals surface area contributed by atoms with Gasteiger partial charge < -0.3 is 4.42 Å². The normalized spacial score (nSPS) is 11.7. The minimum Gasteiger partial charge on any atom is -0.456 e. The summed E-state index contributed by atoms with van der Waals surface area (Å²) in [4.78, 5) is 0. The standard InChI is InChI=1S/C24H18O/c1-3-9-19(10-4-1)15-17-22-21-13-7-8-14-23(21)25-24(22)18-16-20-11-5-2-6-12-20/h1-18H/b17-15+,18-16+. The van der Waals surface area contributed by atoms with Crippen molar-refractivity contribution in [3.05, 3.63) is 107 Å². The van der Waals surface area contributed by atoms with Crippen LogP contribution in [0.5, 0.6) is 0 Å². The van der Waals surface area contributed by atoms with E-state index in [1.165, 1.54) is 5.56 Å². The van der Waals surface area contributed by atoms with Gasteiger partial charge >= 0.3 is 0 Å². The van der Waals surface area contributed by atoms with E-state index < -0.39 is 0 Å². The molecule has 0 saturated carbocycles. The maximum atomic E-state index is 6.07. The van der Waals surface area contributed by atoms with Crippen LogP contribution < -0.4 is 0 Å². The SMILES string of the molecule is C(=C\c1oc2ccccc2c1/C=C/c1ccccc1)/c1ccccc1.